The van der Waals surface area contributed by atoms with E-state index in [1.807, 2.05) is 22.6 Å². The van der Waals surface area contributed by atoms with Gasteiger partial charge in [0.05, 0.1) is 14.6 Å². The van der Waals surface area contributed by atoms with Crippen molar-refractivity contribution in [3.05, 3.63) is 27.3 Å². The van der Waals surface area contributed by atoms with Crippen molar-refractivity contribution in [3.8, 4) is 0 Å². The summed E-state index contributed by atoms with van der Waals surface area (Å²) in [5.41, 5.74) is 1.95. The van der Waals surface area contributed by atoms with Crippen molar-refractivity contribution < 1.29 is 4.39 Å². The minimum Gasteiger partial charge on any atom is -0.328 e. The molecule has 1 aromatic carbocycles. The molecule has 1 heterocycles. The van der Waals surface area contributed by atoms with Crippen LogP contribution in [-0.4, -0.2) is 15.4 Å². The molecule has 0 saturated heterocycles. The Morgan fingerprint density at radius 2 is 2.05 bits per heavy atom. The fraction of sp³-hybridized carbons (Fsp3) is 0.533. The van der Waals surface area contributed by atoms with E-state index >= 15 is 0 Å². The van der Waals surface area contributed by atoms with Gasteiger partial charge in [-0.3, -0.25) is 0 Å². The van der Waals surface area contributed by atoms with E-state index in [-0.39, 0.29) is 11.2 Å². The Balaban J connectivity index is 2.47. The molecule has 2 rings (SSSR count). The van der Waals surface area contributed by atoms with Gasteiger partial charge in [0.25, 0.3) is 0 Å². The number of imidazole rings is 1. The Labute approximate surface area is 137 Å². The molecule has 0 aliphatic heterocycles. The molecule has 110 valence electrons. The van der Waals surface area contributed by atoms with Crippen molar-refractivity contribution in [1.82, 2.24) is 9.55 Å². The number of nitrogens with zero attached hydrogens (tertiary/aromatic N) is 2. The number of rotatable bonds is 4. The first-order valence-electron chi connectivity index (χ1n) is 6.72. The lowest BCUT2D eigenvalue weighted by molar-refractivity contribution is 0.350. The Bertz CT molecular complexity index is 616. The number of halogens is 3. The van der Waals surface area contributed by atoms with Gasteiger partial charge in [-0.15, -0.1) is 11.6 Å². The predicted molar refractivity (Wildman–Crippen MR) is 90.9 cm³/mol. The fourth-order valence-corrected chi connectivity index (χ4v) is 2.76. The molecule has 0 aliphatic carbocycles. The molecule has 0 radical (unpaired) electrons. The second-order valence-electron chi connectivity index (χ2n) is 6.18. The third-order valence-electron chi connectivity index (χ3n) is 3.27. The summed E-state index contributed by atoms with van der Waals surface area (Å²) in [6, 6.07) is 3.39. The highest BCUT2D eigenvalue weighted by Crippen LogP contribution is 2.25. The summed E-state index contributed by atoms with van der Waals surface area (Å²) in [5, 5.41) is 0. The smallest absolute Gasteiger partial charge is 0.138 e. The van der Waals surface area contributed by atoms with Crippen LogP contribution < -0.4 is 0 Å². The van der Waals surface area contributed by atoms with Crippen LogP contribution in [0.1, 0.15) is 33.0 Å². The molecule has 5 heteroatoms. The minimum absolute atomic E-state index is 0.188. The summed E-state index contributed by atoms with van der Waals surface area (Å²) < 4.78 is 16.5. The van der Waals surface area contributed by atoms with Crippen molar-refractivity contribution in [2.45, 2.75) is 40.2 Å². The lowest BCUT2D eigenvalue weighted by Crippen LogP contribution is -2.12. The highest BCUT2D eigenvalue weighted by Gasteiger charge is 2.16. The van der Waals surface area contributed by atoms with Crippen LogP contribution in [0.2, 0.25) is 0 Å². The van der Waals surface area contributed by atoms with Gasteiger partial charge < -0.3 is 4.57 Å². The first kappa shape index (κ1) is 16.0. The van der Waals surface area contributed by atoms with E-state index < -0.39 is 0 Å². The third-order valence-corrected chi connectivity index (χ3v) is 4.29. The molecule has 0 N–H and O–H groups in total. The average Bonchev–Trinajstić information content (AvgIpc) is 2.64. The Morgan fingerprint density at radius 1 is 1.35 bits per heavy atom. The van der Waals surface area contributed by atoms with Gasteiger partial charge in [0.2, 0.25) is 0 Å². The van der Waals surface area contributed by atoms with Crippen LogP contribution in [0.4, 0.5) is 4.39 Å². The van der Waals surface area contributed by atoms with Crippen molar-refractivity contribution in [1.29, 1.82) is 0 Å². The summed E-state index contributed by atoms with van der Waals surface area (Å²) in [7, 11) is 0. The standard InChI is InChI=1S/C15H19ClFIN2/c1-15(2,3)5-7-20-13-8-10(17)11(18)9-12(13)19-14(20)4-6-16/h8-9H,4-7H2,1-3H3. The van der Waals surface area contributed by atoms with Gasteiger partial charge in [-0.1, -0.05) is 20.8 Å². The zero-order chi connectivity index (χ0) is 14.9. The largest absolute Gasteiger partial charge is 0.328 e. The number of hydrogen-bond donors (Lipinski definition) is 0. The maximum atomic E-state index is 13.8. The molecular formula is C15H19ClFIN2. The number of hydrogen-bond acceptors (Lipinski definition) is 1. The summed E-state index contributed by atoms with van der Waals surface area (Å²) in [6.07, 6.45) is 1.72. The molecule has 0 spiro atoms. The van der Waals surface area contributed by atoms with Gasteiger partial charge in [0.15, 0.2) is 0 Å². The minimum atomic E-state index is -0.188. The van der Waals surface area contributed by atoms with Crippen LogP contribution in [0.5, 0.6) is 0 Å². The second kappa shape index (κ2) is 6.18. The zero-order valence-electron chi connectivity index (χ0n) is 12.0. The van der Waals surface area contributed by atoms with Crippen molar-refractivity contribution in [3.63, 3.8) is 0 Å². The molecule has 0 unspecified atom stereocenters. The number of fused-ring (bicyclic) bond motifs is 1. The first-order chi connectivity index (χ1) is 9.31. The lowest BCUT2D eigenvalue weighted by atomic mass is 9.92. The van der Waals surface area contributed by atoms with Crippen molar-refractivity contribution >= 4 is 45.2 Å². The van der Waals surface area contributed by atoms with Gasteiger partial charge in [-0.25, -0.2) is 9.37 Å². The Morgan fingerprint density at radius 3 is 2.65 bits per heavy atom. The van der Waals surface area contributed by atoms with Crippen molar-refractivity contribution in [2.24, 2.45) is 5.41 Å². The van der Waals surface area contributed by atoms with Gasteiger partial charge in [0.1, 0.15) is 11.6 Å². The molecule has 2 aromatic rings. The van der Waals surface area contributed by atoms with Crippen molar-refractivity contribution in [2.75, 3.05) is 5.88 Å². The molecule has 20 heavy (non-hydrogen) atoms. The summed E-state index contributed by atoms with van der Waals surface area (Å²) in [4.78, 5) is 4.61. The first-order valence-corrected chi connectivity index (χ1v) is 8.33. The zero-order valence-corrected chi connectivity index (χ0v) is 14.9. The number of benzene rings is 1. The molecule has 0 amide bonds. The second-order valence-corrected chi connectivity index (χ2v) is 7.72. The highest BCUT2D eigenvalue weighted by molar-refractivity contribution is 14.1. The van der Waals surface area contributed by atoms with E-state index in [4.69, 9.17) is 11.6 Å². The van der Waals surface area contributed by atoms with Crippen LogP contribution in [0, 0.1) is 14.8 Å². The van der Waals surface area contributed by atoms with Crippen LogP contribution in [0.25, 0.3) is 11.0 Å². The van der Waals surface area contributed by atoms with E-state index in [9.17, 15) is 4.39 Å². The summed E-state index contributed by atoms with van der Waals surface area (Å²) in [5.74, 6) is 1.28. The molecular weight excluding hydrogens is 390 g/mol. The Kier molecular flexibility index (Phi) is 4.95. The molecule has 2 nitrogen and oxygen atoms in total. The van der Waals surface area contributed by atoms with Gasteiger partial charge in [-0.2, -0.15) is 0 Å². The number of aryl methyl sites for hydroxylation is 2. The van der Waals surface area contributed by atoms with E-state index in [2.05, 4.69) is 30.3 Å². The lowest BCUT2D eigenvalue weighted by Gasteiger charge is -2.19. The van der Waals surface area contributed by atoms with Crippen LogP contribution in [0.3, 0.4) is 0 Å². The Hall–Kier alpha value is -0.360. The SMILES string of the molecule is CC(C)(C)CCn1c(CCCl)nc2cc(I)c(F)cc21. The third kappa shape index (κ3) is 3.64. The summed E-state index contributed by atoms with van der Waals surface area (Å²) >= 11 is 7.86. The van der Waals surface area contributed by atoms with E-state index in [0.29, 0.717) is 15.9 Å². The van der Waals surface area contributed by atoms with Gasteiger partial charge >= 0.3 is 0 Å². The quantitative estimate of drug-likeness (QED) is 0.514. The fourth-order valence-electron chi connectivity index (χ4n) is 2.14. The predicted octanol–water partition coefficient (Wildman–Crippen LogP) is 5.00. The molecule has 0 aliphatic rings. The molecule has 0 fully saturated rings. The van der Waals surface area contributed by atoms with Crippen LogP contribution in [-0.2, 0) is 13.0 Å². The van der Waals surface area contributed by atoms with Crippen LogP contribution in [0.15, 0.2) is 12.1 Å². The maximum Gasteiger partial charge on any atom is 0.138 e. The number of aromatic nitrogens is 2. The van der Waals surface area contributed by atoms with E-state index in [1.54, 1.807) is 12.1 Å². The van der Waals surface area contributed by atoms with Crippen LogP contribution >= 0.6 is 34.2 Å². The maximum absolute atomic E-state index is 13.8. The average molecular weight is 409 g/mol. The molecule has 0 saturated carbocycles. The monoisotopic (exact) mass is 408 g/mol. The molecule has 1 aromatic heterocycles. The molecule has 0 atom stereocenters. The van der Waals surface area contributed by atoms with Gasteiger partial charge in [-0.05, 0) is 40.5 Å². The number of alkyl halides is 1. The molecule has 0 bridgehead atoms. The van der Waals surface area contributed by atoms with E-state index in [0.717, 1.165) is 29.8 Å². The van der Waals surface area contributed by atoms with E-state index in [1.165, 1.54) is 0 Å². The van der Waals surface area contributed by atoms with Gasteiger partial charge in [0, 0.05) is 24.9 Å². The normalized spacial score (nSPS) is 12.3. The topological polar surface area (TPSA) is 17.8 Å². The highest BCUT2D eigenvalue weighted by atomic mass is 127. The summed E-state index contributed by atoms with van der Waals surface area (Å²) in [6.45, 7) is 7.46.